The number of phosphoric ester groups is 1. The van der Waals surface area contributed by atoms with Crippen LogP contribution < -0.4 is 0 Å². The van der Waals surface area contributed by atoms with E-state index in [4.69, 9.17) is 23.6 Å². The number of unbranched alkanes of at least 4 members (excludes halogenated alkanes) is 8. The zero-order valence-electron chi connectivity index (χ0n) is 39.7. The molecule has 0 radical (unpaired) electrons. The molecule has 0 aliphatic carbocycles. The van der Waals surface area contributed by atoms with Crippen molar-refractivity contribution in [3.8, 4) is 0 Å². The highest BCUT2D eigenvalue weighted by molar-refractivity contribution is 7.47. The van der Waals surface area contributed by atoms with Crippen LogP contribution in [0.2, 0.25) is 0 Å². The van der Waals surface area contributed by atoms with Gasteiger partial charge in [0.25, 0.3) is 0 Å². The molecular weight excluding hydrogens is 824 g/mol. The maximum atomic E-state index is 12.7. The largest absolute Gasteiger partial charge is 0.472 e. The number of ether oxygens (including phenoxy) is 2. The van der Waals surface area contributed by atoms with Crippen molar-refractivity contribution in [2.24, 2.45) is 0 Å². The highest BCUT2D eigenvalue weighted by Crippen LogP contribution is 2.43. The van der Waals surface area contributed by atoms with Crippen molar-refractivity contribution >= 4 is 13.8 Å². The second-order valence-corrected chi connectivity index (χ2v) is 16.8. The van der Waals surface area contributed by atoms with Crippen molar-refractivity contribution in [3.63, 3.8) is 0 Å². The van der Waals surface area contributed by atoms with Gasteiger partial charge in [-0.05, 0) is 109 Å². The van der Waals surface area contributed by atoms with Crippen LogP contribution in [0.15, 0.2) is 134 Å². The molecule has 0 bridgehead atoms. The Morgan fingerprint density at radius 2 is 0.844 bits per heavy atom. The van der Waals surface area contributed by atoms with E-state index in [-0.39, 0.29) is 13.0 Å². The Bertz CT molecular complexity index is 1450. The van der Waals surface area contributed by atoms with Crippen LogP contribution in [-0.4, -0.2) is 66.3 Å². The lowest BCUT2D eigenvalue weighted by Crippen LogP contribution is -2.29. The van der Waals surface area contributed by atoms with E-state index in [1.807, 2.05) is 0 Å². The predicted molar refractivity (Wildman–Crippen MR) is 269 cm³/mol. The molecule has 0 fully saturated rings. The molecule has 362 valence electrons. The first-order valence-corrected chi connectivity index (χ1v) is 25.7. The molecule has 0 saturated carbocycles. The van der Waals surface area contributed by atoms with E-state index in [9.17, 15) is 19.4 Å². The van der Waals surface area contributed by atoms with Gasteiger partial charge in [-0.3, -0.25) is 13.8 Å². The number of rotatable bonds is 44. The standard InChI is InChI=1S/C54H87O9P/c1-3-5-7-9-11-13-15-17-19-21-23-24-25-26-27-29-31-33-35-37-39-41-43-45-47-60-50-53(51-62-64(58,59)61-49-52(56)48-55)63-54(57)46-44-42-40-38-36-34-32-30-28-22-20-18-16-14-12-10-8-6-4-2/h5-8,11-14,17-20,23-24,26-28,30-31,33,37,39,52-53,55-56H,3-4,9-10,15-16,21-22,25,29,32,34-36,38,40-51H2,1-2H3,(H,58,59)/b7-5-,8-6-,13-11-,14-12-,19-17-,20-18-,24-23-,27-26-,30-28-,33-31-,39-37-. The third-order valence-corrected chi connectivity index (χ3v) is 10.3. The molecule has 0 aliphatic heterocycles. The van der Waals surface area contributed by atoms with E-state index in [1.165, 1.54) is 0 Å². The summed E-state index contributed by atoms with van der Waals surface area (Å²) in [4.78, 5) is 22.7. The molecule has 0 saturated heterocycles. The second kappa shape index (κ2) is 49.0. The first-order chi connectivity index (χ1) is 31.3. The number of aliphatic hydroxyl groups excluding tert-OH is 2. The Morgan fingerprint density at radius 3 is 1.27 bits per heavy atom. The SMILES string of the molecule is CC/C=C\C/C=C\C/C=C\C/C=C\C/C=C\C/C=C\C/C=C\CCCCOCC(COP(=O)(O)OCC(O)CO)OC(=O)CCCCCCCC/C=C\C/C=C\C/C=C\C/C=C\CC. The van der Waals surface area contributed by atoms with Crippen molar-refractivity contribution in [3.05, 3.63) is 134 Å². The molecule has 3 unspecified atom stereocenters. The Labute approximate surface area is 389 Å². The van der Waals surface area contributed by atoms with Gasteiger partial charge in [0.05, 0.1) is 26.4 Å². The summed E-state index contributed by atoms with van der Waals surface area (Å²) in [6, 6.07) is 0. The van der Waals surface area contributed by atoms with Crippen LogP contribution in [0.25, 0.3) is 0 Å². The van der Waals surface area contributed by atoms with Crippen LogP contribution in [0.5, 0.6) is 0 Å². The Hall–Kier alpha value is -3.40. The molecular formula is C54H87O9P. The van der Waals surface area contributed by atoms with E-state index in [0.717, 1.165) is 128 Å². The van der Waals surface area contributed by atoms with Gasteiger partial charge in [0, 0.05) is 13.0 Å². The molecule has 3 atom stereocenters. The number of aliphatic hydroxyl groups is 2. The molecule has 0 aromatic rings. The van der Waals surface area contributed by atoms with Crippen LogP contribution in [0.3, 0.4) is 0 Å². The summed E-state index contributed by atoms with van der Waals surface area (Å²) in [7, 11) is -4.55. The van der Waals surface area contributed by atoms with Gasteiger partial charge in [-0.1, -0.05) is 173 Å². The summed E-state index contributed by atoms with van der Waals surface area (Å²) in [6.07, 6.45) is 67.0. The summed E-state index contributed by atoms with van der Waals surface area (Å²) in [6.45, 7) is 3.12. The van der Waals surface area contributed by atoms with E-state index in [0.29, 0.717) is 13.0 Å². The summed E-state index contributed by atoms with van der Waals surface area (Å²) in [5.74, 6) is -0.419. The number of allylic oxidation sites excluding steroid dienone is 22. The average molecular weight is 911 g/mol. The molecule has 64 heavy (non-hydrogen) atoms. The molecule has 0 rings (SSSR count). The summed E-state index contributed by atoms with van der Waals surface area (Å²) >= 11 is 0. The van der Waals surface area contributed by atoms with Crippen molar-refractivity contribution in [1.29, 1.82) is 0 Å². The molecule has 0 spiro atoms. The smallest absolute Gasteiger partial charge is 0.457 e. The molecule has 9 nitrogen and oxygen atoms in total. The third-order valence-electron chi connectivity index (χ3n) is 9.33. The van der Waals surface area contributed by atoms with E-state index in [1.54, 1.807) is 0 Å². The first kappa shape index (κ1) is 60.6. The lowest BCUT2D eigenvalue weighted by Gasteiger charge is -2.20. The molecule has 0 aromatic heterocycles. The van der Waals surface area contributed by atoms with Crippen LogP contribution in [0.4, 0.5) is 0 Å². The van der Waals surface area contributed by atoms with Crippen LogP contribution in [0, 0.1) is 0 Å². The van der Waals surface area contributed by atoms with Crippen LogP contribution in [-0.2, 0) is 27.9 Å². The van der Waals surface area contributed by atoms with Gasteiger partial charge >= 0.3 is 13.8 Å². The highest BCUT2D eigenvalue weighted by Gasteiger charge is 2.26. The zero-order valence-corrected chi connectivity index (χ0v) is 40.6. The average Bonchev–Trinajstić information content (AvgIpc) is 3.29. The first-order valence-electron chi connectivity index (χ1n) is 24.2. The fraction of sp³-hybridized carbons (Fsp3) is 0.574. The van der Waals surface area contributed by atoms with Crippen LogP contribution >= 0.6 is 7.82 Å². The van der Waals surface area contributed by atoms with Gasteiger partial charge in [0.1, 0.15) is 12.2 Å². The second-order valence-electron chi connectivity index (χ2n) is 15.4. The number of phosphoric acid groups is 1. The van der Waals surface area contributed by atoms with E-state index < -0.39 is 45.8 Å². The van der Waals surface area contributed by atoms with Crippen molar-refractivity contribution in [1.82, 2.24) is 0 Å². The third kappa shape index (κ3) is 48.1. The van der Waals surface area contributed by atoms with Gasteiger partial charge in [-0.2, -0.15) is 0 Å². The van der Waals surface area contributed by atoms with E-state index in [2.05, 4.69) is 148 Å². The van der Waals surface area contributed by atoms with Gasteiger partial charge in [-0.25, -0.2) is 4.57 Å². The van der Waals surface area contributed by atoms with Gasteiger partial charge in [-0.15, -0.1) is 0 Å². The molecule has 0 heterocycles. The molecule has 10 heteroatoms. The number of carbonyl (C=O) groups is 1. The fourth-order valence-electron chi connectivity index (χ4n) is 5.74. The maximum absolute atomic E-state index is 12.7. The van der Waals surface area contributed by atoms with Crippen LogP contribution in [0.1, 0.15) is 155 Å². The Balaban J connectivity index is 4.28. The topological polar surface area (TPSA) is 132 Å². The summed E-state index contributed by atoms with van der Waals surface area (Å²) in [5, 5.41) is 18.4. The quantitative estimate of drug-likeness (QED) is 0.0237. The minimum atomic E-state index is -4.55. The Kier molecular flexibility index (Phi) is 46.4. The zero-order chi connectivity index (χ0) is 46.7. The van der Waals surface area contributed by atoms with E-state index >= 15 is 0 Å². The number of esters is 1. The van der Waals surface area contributed by atoms with Gasteiger partial charge < -0.3 is 24.6 Å². The number of hydrogen-bond donors (Lipinski definition) is 3. The summed E-state index contributed by atoms with van der Waals surface area (Å²) < 4.78 is 33.4. The van der Waals surface area contributed by atoms with Gasteiger partial charge in [0.15, 0.2) is 0 Å². The normalized spacial score (nSPS) is 15.0. The minimum Gasteiger partial charge on any atom is -0.457 e. The molecule has 0 aromatic carbocycles. The minimum absolute atomic E-state index is 0.00278. The fourth-order valence-corrected chi connectivity index (χ4v) is 6.53. The Morgan fingerprint density at radius 1 is 0.484 bits per heavy atom. The lowest BCUT2D eigenvalue weighted by molar-refractivity contribution is -0.154. The predicted octanol–water partition coefficient (Wildman–Crippen LogP) is 14.1. The highest BCUT2D eigenvalue weighted by atomic mass is 31.2. The summed E-state index contributed by atoms with van der Waals surface area (Å²) in [5.41, 5.74) is 0. The molecule has 3 N–H and O–H groups in total. The lowest BCUT2D eigenvalue weighted by atomic mass is 10.1. The molecule has 0 amide bonds. The van der Waals surface area contributed by atoms with Crippen molar-refractivity contribution in [2.75, 3.05) is 33.0 Å². The molecule has 0 aliphatic rings. The van der Waals surface area contributed by atoms with Crippen molar-refractivity contribution in [2.45, 2.75) is 167 Å². The van der Waals surface area contributed by atoms with Gasteiger partial charge in [0.2, 0.25) is 0 Å². The monoisotopic (exact) mass is 911 g/mol. The van der Waals surface area contributed by atoms with Crippen molar-refractivity contribution < 1.29 is 43.0 Å². The number of hydrogen-bond acceptors (Lipinski definition) is 8. The maximum Gasteiger partial charge on any atom is 0.472 e. The number of carbonyl (C=O) groups excluding carboxylic acids is 1.